The predicted molar refractivity (Wildman–Crippen MR) is 41.1 cm³/mol. The Balaban J connectivity index is 2.72. The number of halogens is 3. The second-order valence-electron chi connectivity index (χ2n) is 3.36. The first-order valence-electron chi connectivity index (χ1n) is 4.33. The highest BCUT2D eigenvalue weighted by atomic mass is 19.4. The first-order chi connectivity index (χ1) is 7.23. The number of hydrogen-bond donors (Lipinski definition) is 0. The number of likely N-dealkylation sites (tertiary alicyclic amines) is 1. The first-order valence-corrected chi connectivity index (χ1v) is 4.33. The molecule has 0 aromatic heterocycles. The third-order valence-corrected chi connectivity index (χ3v) is 2.28. The number of ketones is 2. The summed E-state index contributed by atoms with van der Waals surface area (Å²) >= 11 is 0. The second-order valence-corrected chi connectivity index (χ2v) is 3.36. The summed E-state index contributed by atoms with van der Waals surface area (Å²) in [5.74, 6) is -4.94. The lowest BCUT2D eigenvalue weighted by molar-refractivity contribution is -0.266. The zero-order chi connectivity index (χ0) is 12.5. The van der Waals surface area contributed by atoms with Crippen LogP contribution in [0.15, 0.2) is 0 Å². The summed E-state index contributed by atoms with van der Waals surface area (Å²) in [6.07, 6.45) is -7.15. The Hall–Kier alpha value is -1.60. The molecule has 1 amide bonds. The molecule has 1 saturated heterocycles. The maximum absolute atomic E-state index is 12.0. The molecular formula is C8H7F3NO4-. The van der Waals surface area contributed by atoms with Crippen molar-refractivity contribution in [1.29, 1.82) is 0 Å². The van der Waals surface area contributed by atoms with E-state index in [2.05, 4.69) is 0 Å². The smallest absolute Gasteiger partial charge is 0.450 e. The number of alkyl halides is 3. The van der Waals surface area contributed by atoms with E-state index in [1.54, 1.807) is 0 Å². The van der Waals surface area contributed by atoms with Gasteiger partial charge in [-0.2, -0.15) is 13.2 Å². The Morgan fingerprint density at radius 2 is 1.94 bits per heavy atom. The van der Waals surface area contributed by atoms with Gasteiger partial charge < -0.3 is 14.8 Å². The lowest BCUT2D eigenvalue weighted by Crippen LogP contribution is -2.52. The molecule has 1 unspecified atom stereocenters. The van der Waals surface area contributed by atoms with Gasteiger partial charge in [-0.25, -0.2) is 0 Å². The summed E-state index contributed by atoms with van der Waals surface area (Å²) in [4.78, 5) is 32.8. The standard InChI is InChI=1S/C8H8F3NO4/c9-8(10,11)6(14)4-1-2-12(7(15)16)3-5(4)13/h4H,1-3H2,(H,15,16)/p-1. The summed E-state index contributed by atoms with van der Waals surface area (Å²) in [5.41, 5.74) is 0. The molecule has 16 heavy (non-hydrogen) atoms. The van der Waals surface area contributed by atoms with Crippen molar-refractivity contribution in [3.63, 3.8) is 0 Å². The van der Waals surface area contributed by atoms with Crippen LogP contribution in [0.25, 0.3) is 0 Å². The van der Waals surface area contributed by atoms with Gasteiger partial charge in [-0.1, -0.05) is 0 Å². The Labute approximate surface area is 87.8 Å². The van der Waals surface area contributed by atoms with Crippen molar-refractivity contribution in [1.82, 2.24) is 4.90 Å². The van der Waals surface area contributed by atoms with Crippen LogP contribution in [-0.4, -0.2) is 41.8 Å². The Kier molecular flexibility index (Phi) is 3.20. The van der Waals surface area contributed by atoms with E-state index < -0.39 is 42.7 Å². The van der Waals surface area contributed by atoms with Crippen LogP contribution < -0.4 is 5.11 Å². The number of piperidine rings is 1. The van der Waals surface area contributed by atoms with E-state index in [9.17, 15) is 32.7 Å². The molecule has 0 N–H and O–H groups in total. The van der Waals surface area contributed by atoms with Gasteiger partial charge in [0.2, 0.25) is 5.78 Å². The van der Waals surface area contributed by atoms with Crippen molar-refractivity contribution in [2.24, 2.45) is 5.92 Å². The van der Waals surface area contributed by atoms with Crippen molar-refractivity contribution < 1.29 is 32.7 Å². The molecule has 1 aliphatic rings. The predicted octanol–water partition coefficient (Wildman–Crippen LogP) is -0.648. The summed E-state index contributed by atoms with van der Waals surface area (Å²) < 4.78 is 36.1. The normalized spacial score (nSPS) is 22.1. The van der Waals surface area contributed by atoms with Crippen molar-refractivity contribution in [2.45, 2.75) is 12.6 Å². The van der Waals surface area contributed by atoms with Crippen LogP contribution in [0.1, 0.15) is 6.42 Å². The molecule has 90 valence electrons. The van der Waals surface area contributed by atoms with Gasteiger partial charge in [-0.05, 0) is 6.42 Å². The quantitative estimate of drug-likeness (QED) is 0.569. The maximum Gasteiger partial charge on any atom is 0.450 e. The molecule has 8 heteroatoms. The van der Waals surface area contributed by atoms with Crippen LogP contribution >= 0.6 is 0 Å². The molecule has 0 bridgehead atoms. The number of carboxylic acid groups (broad SMARTS) is 1. The highest BCUT2D eigenvalue weighted by Crippen LogP contribution is 2.25. The molecule has 1 fully saturated rings. The van der Waals surface area contributed by atoms with Crippen LogP contribution in [-0.2, 0) is 9.59 Å². The van der Waals surface area contributed by atoms with E-state index in [4.69, 9.17) is 0 Å². The van der Waals surface area contributed by atoms with Crippen molar-refractivity contribution >= 4 is 17.7 Å². The van der Waals surface area contributed by atoms with Crippen LogP contribution in [0.2, 0.25) is 0 Å². The number of rotatable bonds is 1. The minimum Gasteiger partial charge on any atom is -0.530 e. The maximum atomic E-state index is 12.0. The fourth-order valence-corrected chi connectivity index (χ4v) is 1.45. The van der Waals surface area contributed by atoms with E-state index >= 15 is 0 Å². The molecule has 0 radical (unpaired) electrons. The zero-order valence-corrected chi connectivity index (χ0v) is 7.91. The van der Waals surface area contributed by atoms with Crippen LogP contribution in [0.4, 0.5) is 18.0 Å². The molecule has 0 aromatic carbocycles. The fraction of sp³-hybridized carbons (Fsp3) is 0.625. The third-order valence-electron chi connectivity index (χ3n) is 2.28. The number of nitrogens with zero attached hydrogens (tertiary/aromatic N) is 1. The molecule has 1 atom stereocenters. The molecule has 5 nitrogen and oxygen atoms in total. The van der Waals surface area contributed by atoms with E-state index in [0.717, 1.165) is 0 Å². The molecule has 1 heterocycles. The van der Waals surface area contributed by atoms with Gasteiger partial charge in [0.25, 0.3) is 0 Å². The van der Waals surface area contributed by atoms with E-state index in [-0.39, 0.29) is 6.54 Å². The van der Waals surface area contributed by atoms with Crippen LogP contribution in [0.3, 0.4) is 0 Å². The Bertz CT molecular complexity index is 339. The van der Waals surface area contributed by atoms with E-state index in [1.165, 1.54) is 0 Å². The first kappa shape index (κ1) is 12.5. The molecule has 0 aliphatic carbocycles. The van der Waals surface area contributed by atoms with E-state index in [0.29, 0.717) is 4.90 Å². The van der Waals surface area contributed by atoms with Gasteiger partial charge in [-0.3, -0.25) is 9.59 Å². The van der Waals surface area contributed by atoms with Crippen LogP contribution in [0.5, 0.6) is 0 Å². The average Bonchev–Trinajstić information content (AvgIpc) is 2.15. The van der Waals surface area contributed by atoms with E-state index in [1.807, 2.05) is 0 Å². The highest BCUT2D eigenvalue weighted by molar-refractivity contribution is 6.06. The molecular weight excluding hydrogens is 231 g/mol. The minimum absolute atomic E-state index is 0.305. The topological polar surface area (TPSA) is 77.5 Å². The Morgan fingerprint density at radius 1 is 1.38 bits per heavy atom. The molecule has 0 aromatic rings. The second kappa shape index (κ2) is 4.11. The minimum atomic E-state index is -5.07. The summed E-state index contributed by atoms with van der Waals surface area (Å²) in [6.45, 7) is -1.03. The van der Waals surface area contributed by atoms with Gasteiger partial charge >= 0.3 is 6.18 Å². The molecule has 0 spiro atoms. The summed E-state index contributed by atoms with van der Waals surface area (Å²) in [6, 6.07) is 0. The monoisotopic (exact) mass is 238 g/mol. The third kappa shape index (κ3) is 2.50. The number of hydrogen-bond acceptors (Lipinski definition) is 4. The lowest BCUT2D eigenvalue weighted by atomic mass is 9.91. The lowest BCUT2D eigenvalue weighted by Gasteiger charge is -2.31. The number of carbonyl (C=O) groups is 3. The SMILES string of the molecule is O=C1CN(C(=O)[O-])CCC1C(=O)C(F)(F)F. The van der Waals surface area contributed by atoms with Gasteiger partial charge in [0, 0.05) is 6.54 Å². The highest BCUT2D eigenvalue weighted by Gasteiger charge is 2.47. The van der Waals surface area contributed by atoms with Crippen LogP contribution in [0, 0.1) is 5.92 Å². The largest absolute Gasteiger partial charge is 0.530 e. The van der Waals surface area contributed by atoms with Crippen molar-refractivity contribution in [3.8, 4) is 0 Å². The van der Waals surface area contributed by atoms with Gasteiger partial charge in [-0.15, -0.1) is 0 Å². The van der Waals surface area contributed by atoms with Gasteiger partial charge in [0.05, 0.1) is 12.5 Å². The summed E-state index contributed by atoms with van der Waals surface area (Å²) in [5, 5.41) is 10.3. The Morgan fingerprint density at radius 3 is 2.31 bits per heavy atom. The number of carbonyl (C=O) groups excluding carboxylic acids is 3. The summed E-state index contributed by atoms with van der Waals surface area (Å²) in [7, 11) is 0. The molecule has 1 rings (SSSR count). The van der Waals surface area contributed by atoms with Crippen molar-refractivity contribution in [2.75, 3.05) is 13.1 Å². The molecule has 0 saturated carbocycles. The number of Topliss-reactive ketones (excluding diaryl/α,β-unsaturated/α-hetero) is 2. The van der Waals surface area contributed by atoms with Gasteiger partial charge in [0.1, 0.15) is 6.09 Å². The van der Waals surface area contributed by atoms with Gasteiger partial charge in [0.15, 0.2) is 5.78 Å². The van der Waals surface area contributed by atoms with Crippen molar-refractivity contribution in [3.05, 3.63) is 0 Å². The zero-order valence-electron chi connectivity index (χ0n) is 7.91. The fourth-order valence-electron chi connectivity index (χ4n) is 1.45. The number of amides is 1. The average molecular weight is 238 g/mol. The molecule has 1 aliphatic heterocycles.